The Labute approximate surface area is 158 Å². The maximum atomic E-state index is 12.4. The average molecular weight is 356 g/mol. The Morgan fingerprint density at radius 2 is 1.50 bits per heavy atom. The van der Waals surface area contributed by atoms with Crippen molar-refractivity contribution in [3.63, 3.8) is 0 Å². The minimum absolute atomic E-state index is 0.0271. The second kappa shape index (κ2) is 11.7. The van der Waals surface area contributed by atoms with Gasteiger partial charge in [0.1, 0.15) is 6.10 Å². The van der Waals surface area contributed by atoms with Gasteiger partial charge in [-0.1, -0.05) is 74.8 Å². The summed E-state index contributed by atoms with van der Waals surface area (Å²) in [5.74, 6) is -0.649. The fourth-order valence-electron chi connectivity index (χ4n) is 3.68. The molecule has 26 heavy (non-hydrogen) atoms. The van der Waals surface area contributed by atoms with Crippen LogP contribution in [-0.2, 0) is 9.53 Å². The lowest BCUT2D eigenvalue weighted by Gasteiger charge is -2.19. The highest BCUT2D eigenvalue weighted by Crippen LogP contribution is 2.23. The van der Waals surface area contributed by atoms with Gasteiger partial charge in [0.25, 0.3) is 0 Å². The molecule has 1 atom stereocenters. The van der Waals surface area contributed by atoms with Crippen LogP contribution in [0.15, 0.2) is 24.3 Å². The van der Waals surface area contributed by atoms with Gasteiger partial charge < -0.3 is 4.74 Å². The summed E-state index contributed by atoms with van der Waals surface area (Å²) in [6.07, 6.45) is 13.5. The molecule has 0 aromatic heterocycles. The topological polar surface area (TPSA) is 50.1 Å². The average Bonchev–Trinajstić information content (AvgIpc) is 2.63. The number of ether oxygens (including phenoxy) is 1. The highest BCUT2D eigenvalue weighted by atomic mass is 16.5. The molecule has 1 aromatic rings. The molecule has 0 amide bonds. The molecule has 0 aliphatic heterocycles. The van der Waals surface area contributed by atoms with E-state index in [1.165, 1.54) is 44.9 Å². The van der Waals surface area contributed by atoms with Crippen LogP contribution in [0.1, 0.15) is 94.1 Å². The molecule has 0 radical (unpaired) electrons. The molecular formula is C23H33NO2. The van der Waals surface area contributed by atoms with Gasteiger partial charge in [0.15, 0.2) is 0 Å². The first-order valence-corrected chi connectivity index (χ1v) is 10.3. The molecule has 1 saturated carbocycles. The summed E-state index contributed by atoms with van der Waals surface area (Å²) in [5.41, 5.74) is 2.05. The first-order valence-electron chi connectivity index (χ1n) is 10.3. The van der Waals surface area contributed by atoms with Gasteiger partial charge in [0, 0.05) is 0 Å². The molecule has 1 aliphatic carbocycles. The van der Waals surface area contributed by atoms with Crippen LogP contribution in [0.5, 0.6) is 0 Å². The van der Waals surface area contributed by atoms with Crippen LogP contribution in [-0.4, -0.2) is 12.1 Å². The van der Waals surface area contributed by atoms with Crippen molar-refractivity contribution in [2.24, 2.45) is 0 Å². The Kier molecular flexibility index (Phi) is 9.24. The van der Waals surface area contributed by atoms with E-state index in [9.17, 15) is 10.1 Å². The summed E-state index contributed by atoms with van der Waals surface area (Å²) >= 11 is 0. The SMILES string of the molecule is Cc1ccc([C@@H](C#N)CC(=O)OC2CCCCCCCCCCC2)cc1. The summed E-state index contributed by atoms with van der Waals surface area (Å²) in [6, 6.07) is 10.1. The highest BCUT2D eigenvalue weighted by molar-refractivity contribution is 5.71. The van der Waals surface area contributed by atoms with Crippen molar-refractivity contribution in [1.82, 2.24) is 0 Å². The highest BCUT2D eigenvalue weighted by Gasteiger charge is 2.20. The second-order valence-electron chi connectivity index (χ2n) is 7.67. The maximum absolute atomic E-state index is 12.4. The lowest BCUT2D eigenvalue weighted by Crippen LogP contribution is -2.20. The summed E-state index contributed by atoms with van der Waals surface area (Å²) in [6.45, 7) is 2.02. The molecule has 2 rings (SSSR count). The minimum atomic E-state index is -0.422. The molecule has 1 fully saturated rings. The third-order valence-corrected chi connectivity index (χ3v) is 5.36. The Bertz CT molecular complexity index is 561. The van der Waals surface area contributed by atoms with E-state index in [2.05, 4.69) is 6.07 Å². The Morgan fingerprint density at radius 1 is 1.00 bits per heavy atom. The number of nitrogens with zero attached hydrogens (tertiary/aromatic N) is 1. The number of nitriles is 1. The molecule has 0 N–H and O–H groups in total. The molecule has 0 heterocycles. The van der Waals surface area contributed by atoms with E-state index >= 15 is 0 Å². The Hall–Kier alpha value is -1.82. The molecule has 0 unspecified atom stereocenters. The summed E-state index contributed by atoms with van der Waals surface area (Å²) in [5, 5.41) is 9.45. The number of benzene rings is 1. The smallest absolute Gasteiger partial charge is 0.307 e. The quantitative estimate of drug-likeness (QED) is 0.603. The molecule has 0 saturated heterocycles. The van der Waals surface area contributed by atoms with Gasteiger partial charge in [0.2, 0.25) is 0 Å². The zero-order valence-electron chi connectivity index (χ0n) is 16.2. The molecule has 3 heteroatoms. The van der Waals surface area contributed by atoms with Gasteiger partial charge >= 0.3 is 5.97 Å². The van der Waals surface area contributed by atoms with E-state index in [0.29, 0.717) is 0 Å². The fraction of sp³-hybridized carbons (Fsp3) is 0.652. The van der Waals surface area contributed by atoms with Crippen LogP contribution in [0.4, 0.5) is 0 Å². The third kappa shape index (κ3) is 7.60. The van der Waals surface area contributed by atoms with Crippen LogP contribution < -0.4 is 0 Å². The number of carbonyl (C=O) groups is 1. The third-order valence-electron chi connectivity index (χ3n) is 5.36. The largest absolute Gasteiger partial charge is 0.462 e. The summed E-state index contributed by atoms with van der Waals surface area (Å²) in [4.78, 5) is 12.4. The molecule has 3 nitrogen and oxygen atoms in total. The van der Waals surface area contributed by atoms with Crippen molar-refractivity contribution in [1.29, 1.82) is 5.26 Å². The lowest BCUT2D eigenvalue weighted by molar-refractivity contribution is -0.150. The van der Waals surface area contributed by atoms with E-state index in [4.69, 9.17) is 4.74 Å². The number of hydrogen-bond acceptors (Lipinski definition) is 3. The van der Waals surface area contributed by atoms with Gasteiger partial charge in [0.05, 0.1) is 18.4 Å². The summed E-state index contributed by atoms with van der Waals surface area (Å²) < 4.78 is 5.78. The van der Waals surface area contributed by atoms with Crippen LogP contribution in [0.2, 0.25) is 0 Å². The van der Waals surface area contributed by atoms with Gasteiger partial charge in [-0.15, -0.1) is 0 Å². The van der Waals surface area contributed by atoms with E-state index in [1.807, 2.05) is 31.2 Å². The number of hydrogen-bond donors (Lipinski definition) is 0. The molecule has 1 aromatic carbocycles. The second-order valence-corrected chi connectivity index (χ2v) is 7.67. The van der Waals surface area contributed by atoms with E-state index in [0.717, 1.165) is 36.8 Å². The maximum Gasteiger partial charge on any atom is 0.307 e. The standard InChI is InChI=1S/C23H33NO2/c1-19-13-15-20(16-14-19)21(18-24)17-23(25)26-22-11-9-7-5-3-2-4-6-8-10-12-22/h13-16,21-22H,2-12,17H2,1H3/t21-/m1/s1. The van der Waals surface area contributed by atoms with Crippen molar-refractivity contribution in [2.45, 2.75) is 96.0 Å². The molecule has 142 valence electrons. The van der Waals surface area contributed by atoms with E-state index < -0.39 is 5.92 Å². The molecule has 1 aliphatic rings. The molecular weight excluding hydrogens is 322 g/mol. The predicted octanol–water partition coefficient (Wildman–Crippen LogP) is 6.21. The van der Waals surface area contributed by atoms with Gasteiger partial charge in [-0.05, 0) is 38.2 Å². The van der Waals surface area contributed by atoms with Gasteiger partial charge in [-0.2, -0.15) is 5.26 Å². The monoisotopic (exact) mass is 355 g/mol. The number of esters is 1. The minimum Gasteiger partial charge on any atom is -0.462 e. The Balaban J connectivity index is 1.86. The van der Waals surface area contributed by atoms with Crippen LogP contribution in [0.3, 0.4) is 0 Å². The van der Waals surface area contributed by atoms with E-state index in [1.54, 1.807) is 0 Å². The summed E-state index contributed by atoms with van der Waals surface area (Å²) in [7, 11) is 0. The van der Waals surface area contributed by atoms with Crippen LogP contribution in [0, 0.1) is 18.3 Å². The zero-order valence-corrected chi connectivity index (χ0v) is 16.2. The molecule has 0 spiro atoms. The van der Waals surface area contributed by atoms with Crippen molar-refractivity contribution in [3.8, 4) is 6.07 Å². The Morgan fingerprint density at radius 3 is 2.00 bits per heavy atom. The van der Waals surface area contributed by atoms with Gasteiger partial charge in [-0.3, -0.25) is 4.79 Å². The predicted molar refractivity (Wildman–Crippen MR) is 105 cm³/mol. The first-order chi connectivity index (χ1) is 12.7. The van der Waals surface area contributed by atoms with Gasteiger partial charge in [-0.25, -0.2) is 0 Å². The van der Waals surface area contributed by atoms with Crippen molar-refractivity contribution in [3.05, 3.63) is 35.4 Å². The van der Waals surface area contributed by atoms with Crippen molar-refractivity contribution >= 4 is 5.97 Å². The van der Waals surface area contributed by atoms with Crippen LogP contribution >= 0.6 is 0 Å². The fourth-order valence-corrected chi connectivity index (χ4v) is 3.68. The zero-order chi connectivity index (χ0) is 18.6. The van der Waals surface area contributed by atoms with Crippen molar-refractivity contribution in [2.75, 3.05) is 0 Å². The first kappa shape index (κ1) is 20.5. The van der Waals surface area contributed by atoms with E-state index in [-0.39, 0.29) is 18.5 Å². The van der Waals surface area contributed by atoms with Crippen LogP contribution in [0.25, 0.3) is 0 Å². The normalized spacial score (nSPS) is 18.8. The number of aryl methyl sites for hydroxylation is 1. The van der Waals surface area contributed by atoms with Crippen molar-refractivity contribution < 1.29 is 9.53 Å². The lowest BCUT2D eigenvalue weighted by atomic mass is 9.96. The molecule has 0 bridgehead atoms. The number of carbonyl (C=O) groups excluding carboxylic acids is 1. The number of rotatable bonds is 4.